The van der Waals surface area contributed by atoms with Crippen LogP contribution < -0.4 is 4.90 Å². The summed E-state index contributed by atoms with van der Waals surface area (Å²) in [6, 6.07) is 11.0. The lowest BCUT2D eigenvalue weighted by molar-refractivity contribution is -0.114. The highest BCUT2D eigenvalue weighted by atomic mass is 79.9. The highest BCUT2D eigenvalue weighted by Crippen LogP contribution is 2.32. The monoisotopic (exact) mass is 333 g/mol. The van der Waals surface area contributed by atoms with Gasteiger partial charge in [-0.1, -0.05) is 28.1 Å². The molecular formula is C15H9BrFNO2. The first-order valence-corrected chi connectivity index (χ1v) is 6.76. The molecule has 1 aliphatic rings. The van der Waals surface area contributed by atoms with Crippen molar-refractivity contribution in [3.63, 3.8) is 0 Å². The Hall–Kier alpha value is -2.01. The maximum atomic E-state index is 12.9. The van der Waals surface area contributed by atoms with Crippen LogP contribution in [-0.2, 0) is 11.3 Å². The Balaban J connectivity index is 1.97. The molecule has 1 amide bonds. The summed E-state index contributed by atoms with van der Waals surface area (Å²) in [4.78, 5) is 25.4. The molecule has 5 heteroatoms. The molecule has 0 fully saturated rings. The predicted octanol–water partition coefficient (Wildman–Crippen LogP) is 3.32. The van der Waals surface area contributed by atoms with Crippen molar-refractivity contribution in [1.29, 1.82) is 0 Å². The molecule has 3 rings (SSSR count). The van der Waals surface area contributed by atoms with Crippen molar-refractivity contribution in [3.05, 3.63) is 63.9 Å². The van der Waals surface area contributed by atoms with Gasteiger partial charge in [-0.2, -0.15) is 0 Å². The number of carbonyl (C=O) groups is 2. The number of anilines is 1. The average Bonchev–Trinajstić information content (AvgIpc) is 2.66. The summed E-state index contributed by atoms with van der Waals surface area (Å²) in [5, 5.41) is 0. The van der Waals surface area contributed by atoms with E-state index in [4.69, 9.17) is 0 Å². The van der Waals surface area contributed by atoms with Gasteiger partial charge in [-0.25, -0.2) is 4.39 Å². The molecule has 2 aromatic rings. The minimum Gasteiger partial charge on any atom is -0.300 e. The Morgan fingerprint density at radius 3 is 2.45 bits per heavy atom. The lowest BCUT2D eigenvalue weighted by atomic mass is 10.1. The molecule has 0 spiro atoms. The van der Waals surface area contributed by atoms with Gasteiger partial charge in [-0.15, -0.1) is 0 Å². The molecule has 0 N–H and O–H groups in total. The fourth-order valence-electron chi connectivity index (χ4n) is 2.20. The number of Topliss-reactive ketones (excluding diaryl/α,β-unsaturated/α-hetero) is 1. The van der Waals surface area contributed by atoms with Gasteiger partial charge in [0.2, 0.25) is 0 Å². The Morgan fingerprint density at radius 2 is 1.75 bits per heavy atom. The van der Waals surface area contributed by atoms with Gasteiger partial charge >= 0.3 is 0 Å². The van der Waals surface area contributed by atoms with Crippen molar-refractivity contribution >= 4 is 33.3 Å². The predicted molar refractivity (Wildman–Crippen MR) is 76.1 cm³/mol. The van der Waals surface area contributed by atoms with E-state index < -0.39 is 11.7 Å². The third-order valence-corrected chi connectivity index (χ3v) is 3.68. The minimum atomic E-state index is -0.553. The Kier molecular flexibility index (Phi) is 3.14. The van der Waals surface area contributed by atoms with Gasteiger partial charge in [0.05, 0.1) is 17.8 Å². The second kappa shape index (κ2) is 4.83. The molecule has 3 nitrogen and oxygen atoms in total. The zero-order chi connectivity index (χ0) is 14.3. The summed E-state index contributed by atoms with van der Waals surface area (Å²) in [6.45, 7) is 0.249. The standard InChI is InChI=1S/C15H9BrFNO2/c16-10-3-6-13-12(7-10)14(19)15(20)18(13)8-9-1-4-11(17)5-2-9/h1-7H,8H2. The molecule has 0 bridgehead atoms. The molecule has 0 saturated heterocycles. The number of rotatable bonds is 2. The van der Waals surface area contributed by atoms with Gasteiger partial charge in [0.15, 0.2) is 0 Å². The summed E-state index contributed by atoms with van der Waals surface area (Å²) in [5.74, 6) is -1.40. The molecule has 2 aromatic carbocycles. The molecule has 0 saturated carbocycles. The van der Waals surface area contributed by atoms with Gasteiger partial charge in [-0.3, -0.25) is 9.59 Å². The quantitative estimate of drug-likeness (QED) is 0.790. The number of benzene rings is 2. The Morgan fingerprint density at radius 1 is 1.05 bits per heavy atom. The van der Waals surface area contributed by atoms with Crippen LogP contribution in [0.5, 0.6) is 0 Å². The number of ketones is 1. The van der Waals surface area contributed by atoms with Crippen molar-refractivity contribution in [2.75, 3.05) is 4.90 Å². The number of nitrogens with zero attached hydrogens (tertiary/aromatic N) is 1. The van der Waals surface area contributed by atoms with E-state index in [0.717, 1.165) is 10.0 Å². The number of fused-ring (bicyclic) bond motifs is 1. The van der Waals surface area contributed by atoms with E-state index in [2.05, 4.69) is 15.9 Å². The van der Waals surface area contributed by atoms with Crippen molar-refractivity contribution < 1.29 is 14.0 Å². The van der Waals surface area contributed by atoms with E-state index in [9.17, 15) is 14.0 Å². The minimum absolute atomic E-state index is 0.249. The first-order valence-electron chi connectivity index (χ1n) is 5.96. The van der Waals surface area contributed by atoms with Crippen LogP contribution in [0.3, 0.4) is 0 Å². The second-order valence-corrected chi connectivity index (χ2v) is 5.42. The summed E-state index contributed by atoms with van der Waals surface area (Å²) in [6.07, 6.45) is 0. The van der Waals surface area contributed by atoms with Crippen LogP contribution in [0.4, 0.5) is 10.1 Å². The maximum absolute atomic E-state index is 12.9. The molecule has 20 heavy (non-hydrogen) atoms. The molecule has 1 aliphatic heterocycles. The highest BCUT2D eigenvalue weighted by Gasteiger charge is 2.35. The van der Waals surface area contributed by atoms with Crippen LogP contribution in [0.25, 0.3) is 0 Å². The normalized spacial score (nSPS) is 13.8. The molecule has 0 atom stereocenters. The lowest BCUT2D eigenvalue weighted by Crippen LogP contribution is -2.29. The number of halogens is 2. The van der Waals surface area contributed by atoms with Crippen LogP contribution in [0, 0.1) is 5.82 Å². The van der Waals surface area contributed by atoms with Gasteiger partial charge in [0, 0.05) is 4.47 Å². The SMILES string of the molecule is O=C1C(=O)N(Cc2ccc(F)cc2)c2ccc(Br)cc21. The first kappa shape index (κ1) is 13.0. The van der Waals surface area contributed by atoms with Gasteiger partial charge in [0.1, 0.15) is 5.82 Å². The van der Waals surface area contributed by atoms with Crippen molar-refractivity contribution in [3.8, 4) is 0 Å². The van der Waals surface area contributed by atoms with Crippen LogP contribution in [0.1, 0.15) is 15.9 Å². The van der Waals surface area contributed by atoms with Crippen LogP contribution in [0.2, 0.25) is 0 Å². The van der Waals surface area contributed by atoms with Gasteiger partial charge in [0.25, 0.3) is 11.7 Å². The average molecular weight is 334 g/mol. The van der Waals surface area contributed by atoms with E-state index in [1.54, 1.807) is 30.3 Å². The number of amides is 1. The zero-order valence-electron chi connectivity index (χ0n) is 10.3. The van der Waals surface area contributed by atoms with E-state index in [1.165, 1.54) is 17.0 Å². The molecular weight excluding hydrogens is 325 g/mol. The number of hydrogen-bond donors (Lipinski definition) is 0. The van der Waals surface area contributed by atoms with Crippen molar-refractivity contribution in [2.24, 2.45) is 0 Å². The van der Waals surface area contributed by atoms with Crippen molar-refractivity contribution in [1.82, 2.24) is 0 Å². The van der Waals surface area contributed by atoms with E-state index in [0.29, 0.717) is 11.3 Å². The number of carbonyl (C=O) groups excluding carboxylic acids is 2. The zero-order valence-corrected chi connectivity index (χ0v) is 11.9. The van der Waals surface area contributed by atoms with Crippen LogP contribution >= 0.6 is 15.9 Å². The summed E-state index contributed by atoms with van der Waals surface area (Å²) >= 11 is 3.28. The van der Waals surface area contributed by atoms with Crippen LogP contribution in [-0.4, -0.2) is 11.7 Å². The summed E-state index contributed by atoms with van der Waals surface area (Å²) in [5.41, 5.74) is 1.75. The molecule has 0 unspecified atom stereocenters. The van der Waals surface area contributed by atoms with Crippen molar-refractivity contribution in [2.45, 2.75) is 6.54 Å². The molecule has 0 aliphatic carbocycles. The number of hydrogen-bond acceptors (Lipinski definition) is 2. The first-order chi connectivity index (χ1) is 9.56. The summed E-state index contributed by atoms with van der Waals surface area (Å²) in [7, 11) is 0. The lowest BCUT2D eigenvalue weighted by Gasteiger charge is -2.16. The maximum Gasteiger partial charge on any atom is 0.299 e. The fraction of sp³-hybridized carbons (Fsp3) is 0.0667. The molecule has 0 aromatic heterocycles. The molecule has 1 heterocycles. The highest BCUT2D eigenvalue weighted by molar-refractivity contribution is 9.10. The summed E-state index contributed by atoms with van der Waals surface area (Å²) < 4.78 is 13.6. The second-order valence-electron chi connectivity index (χ2n) is 4.51. The van der Waals surface area contributed by atoms with E-state index >= 15 is 0 Å². The Labute approximate surface area is 123 Å². The van der Waals surface area contributed by atoms with Crippen LogP contribution in [0.15, 0.2) is 46.9 Å². The fourth-order valence-corrected chi connectivity index (χ4v) is 2.56. The molecule has 0 radical (unpaired) electrons. The third kappa shape index (κ3) is 2.14. The third-order valence-electron chi connectivity index (χ3n) is 3.19. The molecule has 100 valence electrons. The van der Waals surface area contributed by atoms with Gasteiger partial charge in [-0.05, 0) is 35.9 Å². The Bertz CT molecular complexity index is 712. The van der Waals surface area contributed by atoms with Gasteiger partial charge < -0.3 is 4.90 Å². The smallest absolute Gasteiger partial charge is 0.299 e. The van der Waals surface area contributed by atoms with E-state index in [1.807, 2.05) is 0 Å². The topological polar surface area (TPSA) is 37.4 Å². The van der Waals surface area contributed by atoms with E-state index in [-0.39, 0.29) is 12.4 Å². The largest absolute Gasteiger partial charge is 0.300 e.